The van der Waals surface area contributed by atoms with Crippen molar-refractivity contribution in [2.45, 2.75) is 13.1 Å². The number of alkyl halides is 3. The summed E-state index contributed by atoms with van der Waals surface area (Å²) < 4.78 is 37.8. The maximum Gasteiger partial charge on any atom is 0.416 e. The molecule has 104 valence electrons. The van der Waals surface area contributed by atoms with E-state index in [1.54, 1.807) is 31.2 Å². The van der Waals surface area contributed by atoms with E-state index in [4.69, 9.17) is 0 Å². The third-order valence-electron chi connectivity index (χ3n) is 2.88. The van der Waals surface area contributed by atoms with Gasteiger partial charge < -0.3 is 5.32 Å². The second-order valence-corrected chi connectivity index (χ2v) is 4.39. The molecule has 0 bridgehead atoms. The number of aldehydes is 1. The molecule has 2 nitrogen and oxygen atoms in total. The molecular formula is C15H12F3NO. The van der Waals surface area contributed by atoms with Gasteiger partial charge in [-0.25, -0.2) is 0 Å². The van der Waals surface area contributed by atoms with Crippen LogP contribution in [0.5, 0.6) is 0 Å². The highest BCUT2D eigenvalue weighted by Crippen LogP contribution is 2.31. The van der Waals surface area contributed by atoms with Gasteiger partial charge in [-0.2, -0.15) is 13.2 Å². The molecule has 0 saturated carbocycles. The molecule has 0 unspecified atom stereocenters. The number of carbonyl (C=O) groups is 1. The van der Waals surface area contributed by atoms with Crippen molar-refractivity contribution >= 4 is 17.7 Å². The largest absolute Gasteiger partial charge is 0.416 e. The molecule has 0 aromatic heterocycles. The minimum atomic E-state index is -4.37. The fourth-order valence-corrected chi connectivity index (χ4v) is 1.83. The Hall–Kier alpha value is -2.30. The molecule has 0 saturated heterocycles. The van der Waals surface area contributed by atoms with Crippen molar-refractivity contribution in [3.8, 4) is 0 Å². The van der Waals surface area contributed by atoms with E-state index in [0.717, 1.165) is 24.0 Å². The summed E-state index contributed by atoms with van der Waals surface area (Å²) in [6, 6.07) is 9.95. The zero-order valence-electron chi connectivity index (χ0n) is 10.7. The number of carbonyl (C=O) groups excluding carboxylic acids is 1. The number of halogens is 3. The topological polar surface area (TPSA) is 29.1 Å². The van der Waals surface area contributed by atoms with Crippen LogP contribution < -0.4 is 5.32 Å². The summed E-state index contributed by atoms with van der Waals surface area (Å²) >= 11 is 0. The molecule has 0 aliphatic rings. The van der Waals surface area contributed by atoms with E-state index >= 15 is 0 Å². The van der Waals surface area contributed by atoms with Gasteiger partial charge in [-0.15, -0.1) is 0 Å². The first-order valence-corrected chi connectivity index (χ1v) is 5.90. The summed E-state index contributed by atoms with van der Waals surface area (Å²) in [4.78, 5) is 10.7. The molecule has 0 amide bonds. The lowest BCUT2D eigenvalue weighted by Crippen LogP contribution is -2.05. The van der Waals surface area contributed by atoms with Crippen LogP contribution in [-0.4, -0.2) is 6.29 Å². The first-order valence-electron chi connectivity index (χ1n) is 5.90. The van der Waals surface area contributed by atoms with E-state index in [2.05, 4.69) is 5.32 Å². The van der Waals surface area contributed by atoms with Crippen molar-refractivity contribution in [1.29, 1.82) is 0 Å². The van der Waals surface area contributed by atoms with Crippen LogP contribution in [0.25, 0.3) is 0 Å². The van der Waals surface area contributed by atoms with E-state index in [1.807, 2.05) is 0 Å². The molecule has 1 N–H and O–H groups in total. The molecule has 0 aliphatic carbocycles. The Morgan fingerprint density at radius 3 is 2.35 bits per heavy atom. The van der Waals surface area contributed by atoms with Crippen molar-refractivity contribution in [2.24, 2.45) is 0 Å². The average molecular weight is 279 g/mol. The Morgan fingerprint density at radius 2 is 1.75 bits per heavy atom. The molecule has 0 aliphatic heterocycles. The van der Waals surface area contributed by atoms with Crippen LogP contribution in [0, 0.1) is 6.92 Å². The zero-order valence-corrected chi connectivity index (χ0v) is 10.7. The van der Waals surface area contributed by atoms with Crippen molar-refractivity contribution in [3.05, 3.63) is 59.2 Å². The summed E-state index contributed by atoms with van der Waals surface area (Å²) in [6.07, 6.45) is -3.63. The first-order chi connectivity index (χ1) is 9.40. The quantitative estimate of drug-likeness (QED) is 0.834. The molecule has 2 rings (SSSR count). The second-order valence-electron chi connectivity index (χ2n) is 4.39. The average Bonchev–Trinajstić information content (AvgIpc) is 2.38. The summed E-state index contributed by atoms with van der Waals surface area (Å²) in [6.45, 7) is 1.76. The predicted octanol–water partition coefficient (Wildman–Crippen LogP) is 4.57. The van der Waals surface area contributed by atoms with Crippen LogP contribution in [-0.2, 0) is 6.18 Å². The highest BCUT2D eigenvalue weighted by Gasteiger charge is 2.30. The molecule has 2 aromatic carbocycles. The van der Waals surface area contributed by atoms with Crippen LogP contribution in [0.15, 0.2) is 42.5 Å². The smallest absolute Gasteiger partial charge is 0.356 e. The summed E-state index contributed by atoms with van der Waals surface area (Å²) in [5.74, 6) is 0. The maximum absolute atomic E-state index is 12.6. The minimum absolute atomic E-state index is 0.345. The Morgan fingerprint density at radius 1 is 1.05 bits per heavy atom. The summed E-state index contributed by atoms with van der Waals surface area (Å²) in [7, 11) is 0. The van der Waals surface area contributed by atoms with Gasteiger partial charge in [-0.3, -0.25) is 4.79 Å². The number of hydrogen-bond donors (Lipinski definition) is 1. The van der Waals surface area contributed by atoms with Gasteiger partial charge in [0.15, 0.2) is 0 Å². The molecule has 0 radical (unpaired) electrons. The Labute approximate surface area is 114 Å². The molecule has 20 heavy (non-hydrogen) atoms. The molecule has 2 aromatic rings. The fourth-order valence-electron chi connectivity index (χ4n) is 1.83. The Balaban J connectivity index is 2.26. The number of nitrogens with one attached hydrogen (secondary N) is 1. The number of benzene rings is 2. The van der Waals surface area contributed by atoms with Crippen molar-refractivity contribution < 1.29 is 18.0 Å². The van der Waals surface area contributed by atoms with E-state index < -0.39 is 11.7 Å². The first kappa shape index (κ1) is 14.1. The minimum Gasteiger partial charge on any atom is -0.356 e. The maximum atomic E-state index is 12.6. The molecule has 5 heteroatoms. The number of aryl methyl sites for hydroxylation is 1. The van der Waals surface area contributed by atoms with Crippen LogP contribution in [0.2, 0.25) is 0 Å². The van der Waals surface area contributed by atoms with Crippen molar-refractivity contribution in [3.63, 3.8) is 0 Å². The summed E-state index contributed by atoms with van der Waals surface area (Å²) in [5.41, 5.74) is 1.59. The van der Waals surface area contributed by atoms with Gasteiger partial charge in [0.2, 0.25) is 0 Å². The van der Waals surface area contributed by atoms with Gasteiger partial charge in [0.25, 0.3) is 0 Å². The predicted molar refractivity (Wildman–Crippen MR) is 71.3 cm³/mol. The number of rotatable bonds is 3. The lowest BCUT2D eigenvalue weighted by Gasteiger charge is -2.11. The molecule has 0 heterocycles. The number of hydrogen-bond acceptors (Lipinski definition) is 2. The van der Waals surface area contributed by atoms with Gasteiger partial charge in [0, 0.05) is 16.9 Å². The Kier molecular flexibility index (Phi) is 3.79. The normalized spacial score (nSPS) is 11.2. The second kappa shape index (κ2) is 5.36. The van der Waals surface area contributed by atoms with Gasteiger partial charge in [-0.05, 0) is 48.9 Å². The molecular weight excluding hydrogens is 267 g/mol. The SMILES string of the molecule is Cc1cc(Nc2cccc(C(F)(F)F)c2)ccc1C=O. The molecule has 0 atom stereocenters. The van der Waals surface area contributed by atoms with Crippen LogP contribution >= 0.6 is 0 Å². The van der Waals surface area contributed by atoms with E-state index in [-0.39, 0.29) is 0 Å². The van der Waals surface area contributed by atoms with E-state index in [0.29, 0.717) is 16.9 Å². The lowest BCUT2D eigenvalue weighted by molar-refractivity contribution is -0.137. The van der Waals surface area contributed by atoms with E-state index in [1.165, 1.54) is 6.07 Å². The zero-order chi connectivity index (χ0) is 14.8. The highest BCUT2D eigenvalue weighted by molar-refractivity contribution is 5.79. The summed E-state index contributed by atoms with van der Waals surface area (Å²) in [5, 5.41) is 2.89. The van der Waals surface area contributed by atoms with Gasteiger partial charge in [0.1, 0.15) is 6.29 Å². The Bertz CT molecular complexity index is 635. The molecule has 0 spiro atoms. The van der Waals surface area contributed by atoms with Crippen molar-refractivity contribution in [1.82, 2.24) is 0 Å². The lowest BCUT2D eigenvalue weighted by atomic mass is 10.1. The fraction of sp³-hybridized carbons (Fsp3) is 0.133. The molecule has 0 fully saturated rings. The van der Waals surface area contributed by atoms with Gasteiger partial charge in [-0.1, -0.05) is 6.07 Å². The van der Waals surface area contributed by atoms with Crippen LogP contribution in [0.4, 0.5) is 24.5 Å². The van der Waals surface area contributed by atoms with Crippen molar-refractivity contribution in [2.75, 3.05) is 5.32 Å². The third-order valence-corrected chi connectivity index (χ3v) is 2.88. The van der Waals surface area contributed by atoms with E-state index in [9.17, 15) is 18.0 Å². The monoisotopic (exact) mass is 279 g/mol. The standard InChI is InChI=1S/C15H12F3NO/c1-10-7-14(6-5-11(10)9-20)19-13-4-2-3-12(8-13)15(16,17)18/h2-9,19H,1H3. The van der Waals surface area contributed by atoms with Crippen LogP contribution in [0.3, 0.4) is 0 Å². The van der Waals surface area contributed by atoms with Gasteiger partial charge >= 0.3 is 6.18 Å². The highest BCUT2D eigenvalue weighted by atomic mass is 19.4. The number of anilines is 2. The van der Waals surface area contributed by atoms with Crippen LogP contribution in [0.1, 0.15) is 21.5 Å². The third kappa shape index (κ3) is 3.17. The van der Waals surface area contributed by atoms with Gasteiger partial charge in [0.05, 0.1) is 5.56 Å².